The second-order valence-electron chi connectivity index (χ2n) is 8.64. The van der Waals surface area contributed by atoms with Crippen LogP contribution in [0.15, 0.2) is 115 Å². The van der Waals surface area contributed by atoms with Gasteiger partial charge in [0.15, 0.2) is 0 Å². The average Bonchev–Trinajstić information content (AvgIpc) is 3.42. The summed E-state index contributed by atoms with van der Waals surface area (Å²) in [5.74, 6) is 0.289. The highest BCUT2D eigenvalue weighted by atomic mass is 32.1. The molecule has 1 aliphatic rings. The van der Waals surface area contributed by atoms with E-state index in [-0.39, 0.29) is 5.92 Å². The molecule has 5 aromatic carbocycles. The first-order valence-corrected chi connectivity index (χ1v) is 12.1. The quantitative estimate of drug-likeness (QED) is 0.290. The molecule has 0 unspecified atom stereocenters. The number of hydrogen-bond acceptors (Lipinski definition) is 2. The number of benzene rings is 5. The maximum atomic E-state index is 3.67. The van der Waals surface area contributed by atoms with Crippen LogP contribution in [0, 0.1) is 0 Å². The predicted octanol–water partition coefficient (Wildman–Crippen LogP) is 8.96. The second-order valence-corrected chi connectivity index (χ2v) is 9.69. The Hall–Kier alpha value is -3.88. The van der Waals surface area contributed by atoms with Crippen molar-refractivity contribution in [2.24, 2.45) is 0 Å². The summed E-state index contributed by atoms with van der Waals surface area (Å²) >= 11 is 1.85. The van der Waals surface area contributed by atoms with Gasteiger partial charge in [-0.2, -0.15) is 0 Å². The molecule has 6 aromatic rings. The summed E-state index contributed by atoms with van der Waals surface area (Å²) in [4.78, 5) is 0. The van der Waals surface area contributed by atoms with Gasteiger partial charge in [0.1, 0.15) is 0 Å². The molecule has 1 nitrogen and oxygen atoms in total. The molecule has 7 rings (SSSR count). The maximum absolute atomic E-state index is 3.67. The van der Waals surface area contributed by atoms with E-state index >= 15 is 0 Å². The minimum absolute atomic E-state index is 0.289. The van der Waals surface area contributed by atoms with E-state index in [1.165, 1.54) is 48.0 Å². The largest absolute Gasteiger partial charge is 0.354 e. The van der Waals surface area contributed by atoms with Crippen LogP contribution in [0.5, 0.6) is 0 Å². The molecule has 0 radical (unpaired) electrons. The lowest BCUT2D eigenvalue weighted by atomic mass is 9.89. The van der Waals surface area contributed by atoms with Crippen molar-refractivity contribution in [3.05, 3.63) is 132 Å². The van der Waals surface area contributed by atoms with Gasteiger partial charge in [0.2, 0.25) is 0 Å². The fourth-order valence-corrected chi connectivity index (χ4v) is 6.45. The van der Waals surface area contributed by atoms with Gasteiger partial charge in [-0.05, 0) is 52.1 Å². The number of nitrogens with one attached hydrogen (secondary N) is 1. The van der Waals surface area contributed by atoms with Gasteiger partial charge in [0, 0.05) is 27.1 Å². The van der Waals surface area contributed by atoms with Crippen molar-refractivity contribution >= 4 is 42.9 Å². The molecular weight excluding hydrogens is 418 g/mol. The molecular formula is C31H21NS. The zero-order chi connectivity index (χ0) is 21.8. The minimum atomic E-state index is 0.289. The molecule has 1 aliphatic carbocycles. The Morgan fingerprint density at radius 1 is 0.545 bits per heavy atom. The highest BCUT2D eigenvalue weighted by Gasteiger charge is 2.29. The van der Waals surface area contributed by atoms with Crippen LogP contribution in [0.4, 0.5) is 11.4 Å². The molecule has 0 amide bonds. The Kier molecular flexibility index (Phi) is 4.15. The zero-order valence-electron chi connectivity index (χ0n) is 18.0. The van der Waals surface area contributed by atoms with Crippen LogP contribution in [0.1, 0.15) is 22.6 Å². The van der Waals surface area contributed by atoms with Crippen LogP contribution < -0.4 is 5.32 Å². The van der Waals surface area contributed by atoms with Gasteiger partial charge < -0.3 is 5.32 Å². The Morgan fingerprint density at radius 2 is 1.18 bits per heavy atom. The third-order valence-electron chi connectivity index (χ3n) is 6.76. The Balaban J connectivity index is 1.26. The van der Waals surface area contributed by atoms with Crippen molar-refractivity contribution in [2.75, 3.05) is 5.32 Å². The van der Waals surface area contributed by atoms with Crippen molar-refractivity contribution in [1.29, 1.82) is 0 Å². The van der Waals surface area contributed by atoms with Crippen LogP contribution >= 0.6 is 11.3 Å². The lowest BCUT2D eigenvalue weighted by Crippen LogP contribution is -1.99. The predicted molar refractivity (Wildman–Crippen MR) is 142 cm³/mol. The molecule has 0 aliphatic heterocycles. The summed E-state index contributed by atoms with van der Waals surface area (Å²) in [6.45, 7) is 0. The minimum Gasteiger partial charge on any atom is -0.354 e. The second kappa shape index (κ2) is 7.33. The molecule has 0 fully saturated rings. The van der Waals surface area contributed by atoms with Gasteiger partial charge in [-0.15, -0.1) is 11.3 Å². The monoisotopic (exact) mass is 439 g/mol. The van der Waals surface area contributed by atoms with Gasteiger partial charge in [0.25, 0.3) is 0 Å². The lowest BCUT2D eigenvalue weighted by molar-refractivity contribution is 1.02. The van der Waals surface area contributed by atoms with E-state index in [0.717, 1.165) is 11.4 Å². The summed E-state index contributed by atoms with van der Waals surface area (Å²) in [5.41, 5.74) is 9.12. The van der Waals surface area contributed by atoms with E-state index in [1.54, 1.807) is 0 Å². The first kappa shape index (κ1) is 18.7. The SMILES string of the molecule is c1ccc2c(c1)-c1ccccc1C2c1ccc(Nc2cccc3c2sc2ccccc23)cc1. The fourth-order valence-electron chi connectivity index (χ4n) is 5.27. The Labute approximate surface area is 197 Å². The van der Waals surface area contributed by atoms with E-state index in [0.29, 0.717) is 0 Å². The highest BCUT2D eigenvalue weighted by molar-refractivity contribution is 7.26. The topological polar surface area (TPSA) is 12.0 Å². The average molecular weight is 440 g/mol. The number of fused-ring (bicyclic) bond motifs is 6. The van der Waals surface area contributed by atoms with Crippen LogP contribution in [-0.4, -0.2) is 0 Å². The molecule has 2 heteroatoms. The van der Waals surface area contributed by atoms with E-state index in [2.05, 4.69) is 121 Å². The van der Waals surface area contributed by atoms with E-state index < -0.39 is 0 Å². The van der Waals surface area contributed by atoms with Crippen LogP contribution in [0.2, 0.25) is 0 Å². The number of rotatable bonds is 3. The molecule has 0 spiro atoms. The number of anilines is 2. The van der Waals surface area contributed by atoms with Crippen LogP contribution in [0.25, 0.3) is 31.3 Å². The van der Waals surface area contributed by atoms with E-state index in [4.69, 9.17) is 0 Å². The molecule has 0 saturated heterocycles. The molecule has 1 aromatic heterocycles. The van der Waals surface area contributed by atoms with Gasteiger partial charge in [-0.1, -0.05) is 91.0 Å². The summed E-state index contributed by atoms with van der Waals surface area (Å²) in [6, 6.07) is 41.8. The maximum Gasteiger partial charge on any atom is 0.0590 e. The molecule has 33 heavy (non-hydrogen) atoms. The lowest BCUT2D eigenvalue weighted by Gasteiger charge is -2.15. The zero-order valence-corrected chi connectivity index (χ0v) is 18.8. The smallest absolute Gasteiger partial charge is 0.0590 e. The van der Waals surface area contributed by atoms with Crippen molar-refractivity contribution in [2.45, 2.75) is 5.92 Å². The summed E-state index contributed by atoms with van der Waals surface area (Å²) in [7, 11) is 0. The van der Waals surface area contributed by atoms with Gasteiger partial charge in [-0.25, -0.2) is 0 Å². The van der Waals surface area contributed by atoms with Crippen molar-refractivity contribution in [1.82, 2.24) is 0 Å². The first-order valence-electron chi connectivity index (χ1n) is 11.3. The fraction of sp³-hybridized carbons (Fsp3) is 0.0323. The number of hydrogen-bond donors (Lipinski definition) is 1. The van der Waals surface area contributed by atoms with Crippen molar-refractivity contribution in [3.8, 4) is 11.1 Å². The first-order chi connectivity index (χ1) is 16.4. The van der Waals surface area contributed by atoms with Crippen LogP contribution in [0.3, 0.4) is 0 Å². The van der Waals surface area contributed by atoms with E-state index in [1.807, 2.05) is 11.3 Å². The van der Waals surface area contributed by atoms with Crippen molar-refractivity contribution < 1.29 is 0 Å². The molecule has 156 valence electrons. The van der Waals surface area contributed by atoms with Gasteiger partial charge in [0.05, 0.1) is 10.4 Å². The third-order valence-corrected chi connectivity index (χ3v) is 7.98. The van der Waals surface area contributed by atoms with Gasteiger partial charge in [-0.3, -0.25) is 0 Å². The van der Waals surface area contributed by atoms with Crippen LogP contribution in [-0.2, 0) is 0 Å². The molecule has 1 heterocycles. The summed E-state index contributed by atoms with van der Waals surface area (Å²) in [6.07, 6.45) is 0. The third kappa shape index (κ3) is 2.92. The molecule has 0 saturated carbocycles. The highest BCUT2D eigenvalue weighted by Crippen LogP contribution is 2.48. The molecule has 0 bridgehead atoms. The van der Waals surface area contributed by atoms with Gasteiger partial charge >= 0.3 is 0 Å². The Bertz CT molecular complexity index is 1600. The summed E-state index contributed by atoms with van der Waals surface area (Å²) < 4.78 is 2.64. The van der Waals surface area contributed by atoms with E-state index in [9.17, 15) is 0 Å². The summed E-state index contributed by atoms with van der Waals surface area (Å²) in [5, 5.41) is 6.32. The Morgan fingerprint density at radius 3 is 1.94 bits per heavy atom. The van der Waals surface area contributed by atoms with Crippen molar-refractivity contribution in [3.63, 3.8) is 0 Å². The normalized spacial score (nSPS) is 12.7. The number of thiophene rings is 1. The molecule has 1 N–H and O–H groups in total. The standard InChI is InChI=1S/C31H21NS/c1-3-11-25-22(8-1)23-9-2-4-12-26(23)30(25)20-16-18-21(19-17-20)32-28-14-7-13-27-24-10-5-6-15-29(24)33-31(27)28/h1-19,30,32H. The molecule has 0 atom stereocenters.